The Morgan fingerprint density at radius 2 is 2.33 bits per heavy atom. The van der Waals surface area contributed by atoms with Crippen LogP contribution < -0.4 is 5.73 Å². The minimum absolute atomic E-state index is 0.0628. The van der Waals surface area contributed by atoms with Crippen LogP contribution in [0.4, 0.5) is 0 Å². The lowest BCUT2D eigenvalue weighted by atomic mass is 10.1. The molecule has 0 spiro atoms. The lowest BCUT2D eigenvalue weighted by molar-refractivity contribution is 0.0783. The first-order valence-corrected chi connectivity index (χ1v) is 6.40. The van der Waals surface area contributed by atoms with Gasteiger partial charge in [0.25, 0.3) is 5.91 Å². The Kier molecular flexibility index (Phi) is 3.87. The molecule has 1 unspecified atom stereocenters. The highest BCUT2D eigenvalue weighted by atomic mass is 16.3. The van der Waals surface area contributed by atoms with Crippen molar-refractivity contribution in [1.82, 2.24) is 4.90 Å². The minimum atomic E-state index is -0.0734. The van der Waals surface area contributed by atoms with Gasteiger partial charge in [0.15, 0.2) is 0 Å². The molecule has 1 atom stereocenters. The number of benzene rings is 1. The number of rotatable bonds is 3. The number of nitrogens with two attached hydrogens (primary N) is 1. The zero-order chi connectivity index (χ0) is 13.1. The van der Waals surface area contributed by atoms with Crippen LogP contribution in [0.3, 0.4) is 0 Å². The summed E-state index contributed by atoms with van der Waals surface area (Å²) < 4.78 is 0. The molecule has 1 amide bonds. The Morgan fingerprint density at radius 1 is 1.56 bits per heavy atom. The number of carbonyl (C=O) groups is 1. The monoisotopic (exact) mass is 248 g/mol. The summed E-state index contributed by atoms with van der Waals surface area (Å²) in [6, 6.07) is 5.12. The van der Waals surface area contributed by atoms with E-state index in [9.17, 15) is 9.90 Å². The van der Waals surface area contributed by atoms with Crippen molar-refractivity contribution in [1.29, 1.82) is 0 Å². The van der Waals surface area contributed by atoms with Crippen molar-refractivity contribution in [2.45, 2.75) is 19.8 Å². The van der Waals surface area contributed by atoms with Crippen LogP contribution in [0.1, 0.15) is 28.8 Å². The van der Waals surface area contributed by atoms with E-state index < -0.39 is 0 Å². The molecule has 0 saturated carbocycles. The molecule has 98 valence electrons. The zero-order valence-electron chi connectivity index (χ0n) is 10.7. The number of carbonyl (C=O) groups excluding carboxylic acids is 1. The summed E-state index contributed by atoms with van der Waals surface area (Å²) in [4.78, 5) is 14.1. The third-order valence-electron chi connectivity index (χ3n) is 3.53. The summed E-state index contributed by atoms with van der Waals surface area (Å²) in [5, 5.41) is 9.77. The maximum Gasteiger partial charge on any atom is 0.257 e. The standard InChI is InChI=1S/C14H20N2O2/c1-10-2-3-13(17)12(8-10)14(18)16-7-5-11(9-16)4-6-15/h2-3,8,11,17H,4-7,9,15H2,1H3. The number of nitrogens with zero attached hydrogens (tertiary/aromatic N) is 1. The van der Waals surface area contributed by atoms with Crippen LogP contribution in [0.5, 0.6) is 5.75 Å². The van der Waals surface area contributed by atoms with Crippen molar-refractivity contribution in [2.24, 2.45) is 11.7 Å². The van der Waals surface area contributed by atoms with Crippen LogP contribution >= 0.6 is 0 Å². The van der Waals surface area contributed by atoms with E-state index in [4.69, 9.17) is 5.73 Å². The maximum absolute atomic E-state index is 12.3. The van der Waals surface area contributed by atoms with E-state index in [1.54, 1.807) is 18.2 Å². The van der Waals surface area contributed by atoms with Gasteiger partial charge in [-0.05, 0) is 44.4 Å². The molecule has 1 saturated heterocycles. The molecule has 4 heteroatoms. The highest BCUT2D eigenvalue weighted by Crippen LogP contribution is 2.25. The quantitative estimate of drug-likeness (QED) is 0.852. The van der Waals surface area contributed by atoms with Crippen molar-refractivity contribution in [3.05, 3.63) is 29.3 Å². The summed E-state index contributed by atoms with van der Waals surface area (Å²) >= 11 is 0. The maximum atomic E-state index is 12.3. The predicted octanol–water partition coefficient (Wildman–Crippen LogP) is 1.51. The normalized spacial score (nSPS) is 19.2. The second kappa shape index (κ2) is 5.40. The summed E-state index contributed by atoms with van der Waals surface area (Å²) in [6.45, 7) is 4.10. The average Bonchev–Trinajstić information content (AvgIpc) is 2.80. The Bertz CT molecular complexity index is 445. The molecule has 4 nitrogen and oxygen atoms in total. The van der Waals surface area contributed by atoms with Crippen LogP contribution in [0.25, 0.3) is 0 Å². The Morgan fingerprint density at radius 3 is 3.06 bits per heavy atom. The molecule has 1 aromatic carbocycles. The predicted molar refractivity (Wildman–Crippen MR) is 70.5 cm³/mol. The fourth-order valence-electron chi connectivity index (χ4n) is 2.48. The van der Waals surface area contributed by atoms with Gasteiger partial charge in [-0.25, -0.2) is 0 Å². The van der Waals surface area contributed by atoms with Crippen LogP contribution in [-0.2, 0) is 0 Å². The van der Waals surface area contributed by atoms with Gasteiger partial charge in [-0.1, -0.05) is 11.6 Å². The van der Waals surface area contributed by atoms with E-state index in [1.165, 1.54) is 0 Å². The number of likely N-dealkylation sites (tertiary alicyclic amines) is 1. The highest BCUT2D eigenvalue weighted by Gasteiger charge is 2.27. The first kappa shape index (κ1) is 12.9. The molecule has 0 aromatic heterocycles. The highest BCUT2D eigenvalue weighted by molar-refractivity contribution is 5.97. The third-order valence-corrected chi connectivity index (χ3v) is 3.53. The number of aromatic hydroxyl groups is 1. The molecule has 0 radical (unpaired) electrons. The molecule has 3 N–H and O–H groups in total. The molecule has 0 aliphatic carbocycles. The molecule has 1 aliphatic rings. The van der Waals surface area contributed by atoms with Crippen molar-refractivity contribution >= 4 is 5.91 Å². The van der Waals surface area contributed by atoms with Crippen molar-refractivity contribution in [2.75, 3.05) is 19.6 Å². The van der Waals surface area contributed by atoms with Gasteiger partial charge in [0.2, 0.25) is 0 Å². The van der Waals surface area contributed by atoms with Crippen molar-refractivity contribution < 1.29 is 9.90 Å². The molecular weight excluding hydrogens is 228 g/mol. The molecule has 1 aromatic rings. The number of phenols is 1. The number of hydrogen-bond acceptors (Lipinski definition) is 3. The van der Waals surface area contributed by atoms with E-state index >= 15 is 0 Å². The van der Waals surface area contributed by atoms with Crippen molar-refractivity contribution in [3.8, 4) is 5.75 Å². The van der Waals surface area contributed by atoms with E-state index in [1.807, 2.05) is 11.8 Å². The molecule has 2 rings (SSSR count). The van der Waals surface area contributed by atoms with E-state index in [0.29, 0.717) is 18.0 Å². The SMILES string of the molecule is Cc1ccc(O)c(C(=O)N2CCC(CCN)C2)c1. The number of hydrogen-bond donors (Lipinski definition) is 2. The fourth-order valence-corrected chi connectivity index (χ4v) is 2.48. The van der Waals surface area contributed by atoms with Gasteiger partial charge >= 0.3 is 0 Å². The summed E-state index contributed by atoms with van der Waals surface area (Å²) in [7, 11) is 0. The lowest BCUT2D eigenvalue weighted by Crippen LogP contribution is -2.29. The first-order chi connectivity index (χ1) is 8.61. The molecule has 18 heavy (non-hydrogen) atoms. The summed E-state index contributed by atoms with van der Waals surface area (Å²) in [6.07, 6.45) is 1.97. The van der Waals surface area contributed by atoms with Crippen LogP contribution in [0, 0.1) is 12.8 Å². The second-order valence-corrected chi connectivity index (χ2v) is 5.00. The first-order valence-electron chi connectivity index (χ1n) is 6.40. The smallest absolute Gasteiger partial charge is 0.257 e. The minimum Gasteiger partial charge on any atom is -0.507 e. The van der Waals surface area contributed by atoms with Gasteiger partial charge in [0, 0.05) is 13.1 Å². The van der Waals surface area contributed by atoms with Gasteiger partial charge in [-0.3, -0.25) is 4.79 Å². The molecule has 0 bridgehead atoms. The van der Waals surface area contributed by atoms with Gasteiger partial charge < -0.3 is 15.7 Å². The van der Waals surface area contributed by atoms with E-state index in [-0.39, 0.29) is 11.7 Å². The van der Waals surface area contributed by atoms with Gasteiger partial charge in [-0.15, -0.1) is 0 Å². The number of amides is 1. The van der Waals surface area contributed by atoms with Gasteiger partial charge in [0.05, 0.1) is 5.56 Å². The number of phenolic OH excluding ortho intramolecular Hbond substituents is 1. The third kappa shape index (κ3) is 2.64. The molecule has 1 fully saturated rings. The van der Waals surface area contributed by atoms with E-state index in [0.717, 1.165) is 31.5 Å². The molecule has 1 heterocycles. The van der Waals surface area contributed by atoms with Crippen LogP contribution in [0.2, 0.25) is 0 Å². The topological polar surface area (TPSA) is 66.6 Å². The average molecular weight is 248 g/mol. The Hall–Kier alpha value is -1.55. The number of aryl methyl sites for hydroxylation is 1. The fraction of sp³-hybridized carbons (Fsp3) is 0.500. The molecular formula is C14H20N2O2. The van der Waals surface area contributed by atoms with Crippen LogP contribution in [-0.4, -0.2) is 35.5 Å². The Labute approximate surface area is 107 Å². The Balaban J connectivity index is 2.10. The zero-order valence-corrected chi connectivity index (χ0v) is 10.7. The lowest BCUT2D eigenvalue weighted by Gasteiger charge is -2.17. The van der Waals surface area contributed by atoms with Gasteiger partial charge in [0.1, 0.15) is 5.75 Å². The van der Waals surface area contributed by atoms with E-state index in [2.05, 4.69) is 0 Å². The largest absolute Gasteiger partial charge is 0.507 e. The summed E-state index contributed by atoms with van der Waals surface area (Å²) in [5.74, 6) is 0.495. The summed E-state index contributed by atoms with van der Waals surface area (Å²) in [5.41, 5.74) is 6.93. The molecule has 1 aliphatic heterocycles. The van der Waals surface area contributed by atoms with Gasteiger partial charge in [-0.2, -0.15) is 0 Å². The van der Waals surface area contributed by atoms with Crippen LogP contribution in [0.15, 0.2) is 18.2 Å². The second-order valence-electron chi connectivity index (χ2n) is 5.00. The van der Waals surface area contributed by atoms with Crippen molar-refractivity contribution in [3.63, 3.8) is 0 Å².